The molecular weight excluding hydrogens is 178 g/mol. The molecular formula is C9H11N5. The summed E-state index contributed by atoms with van der Waals surface area (Å²) in [5.41, 5.74) is 1.09. The molecule has 0 aliphatic rings. The highest BCUT2D eigenvalue weighted by Gasteiger charge is 2.00. The van der Waals surface area contributed by atoms with Crippen molar-refractivity contribution < 1.29 is 0 Å². The molecule has 2 aromatic heterocycles. The first-order chi connectivity index (χ1) is 6.77. The zero-order valence-electron chi connectivity index (χ0n) is 8.12. The maximum Gasteiger partial charge on any atom is 0.157 e. The van der Waals surface area contributed by atoms with E-state index in [4.69, 9.17) is 0 Å². The second kappa shape index (κ2) is 3.45. The first kappa shape index (κ1) is 8.68. The topological polar surface area (TPSA) is 46.8 Å². The molecule has 0 fully saturated rings. The Balaban J connectivity index is 2.41. The van der Waals surface area contributed by atoms with Crippen LogP contribution in [0.25, 0.3) is 5.82 Å². The van der Waals surface area contributed by atoms with E-state index in [9.17, 15) is 0 Å². The Labute approximate surface area is 82.0 Å². The van der Waals surface area contributed by atoms with Gasteiger partial charge in [-0.25, -0.2) is 9.67 Å². The minimum Gasteiger partial charge on any atom is -0.378 e. The first-order valence-corrected chi connectivity index (χ1v) is 4.27. The van der Waals surface area contributed by atoms with Gasteiger partial charge in [0.05, 0.1) is 12.4 Å². The van der Waals surface area contributed by atoms with E-state index < -0.39 is 0 Å². The van der Waals surface area contributed by atoms with E-state index in [0.29, 0.717) is 0 Å². The summed E-state index contributed by atoms with van der Waals surface area (Å²) in [6.07, 6.45) is 5.15. The summed E-state index contributed by atoms with van der Waals surface area (Å²) in [5, 5.41) is 7.61. The molecule has 0 saturated carbocycles. The highest BCUT2D eigenvalue weighted by molar-refractivity contribution is 5.48. The normalized spacial score (nSPS) is 10.1. The predicted octanol–water partition coefficient (Wildman–Crippen LogP) is 0.728. The van der Waals surface area contributed by atoms with Crippen LogP contribution in [0, 0.1) is 0 Å². The molecule has 14 heavy (non-hydrogen) atoms. The van der Waals surface area contributed by atoms with Crippen LogP contribution in [0.3, 0.4) is 0 Å². The molecule has 0 spiro atoms. The summed E-state index contributed by atoms with van der Waals surface area (Å²) in [4.78, 5) is 6.21. The van der Waals surface area contributed by atoms with E-state index in [1.54, 1.807) is 23.3 Å². The van der Waals surface area contributed by atoms with Crippen molar-refractivity contribution in [3.8, 4) is 5.82 Å². The molecule has 0 saturated heterocycles. The van der Waals surface area contributed by atoms with Crippen molar-refractivity contribution in [3.63, 3.8) is 0 Å². The molecule has 0 aliphatic heterocycles. The third kappa shape index (κ3) is 1.56. The Morgan fingerprint density at radius 1 is 1.29 bits per heavy atom. The van der Waals surface area contributed by atoms with E-state index in [0.717, 1.165) is 11.5 Å². The Bertz CT molecular complexity index is 407. The SMILES string of the molecule is CN(C)c1ccnc(-n2ccnn2)c1. The Hall–Kier alpha value is -1.91. The summed E-state index contributed by atoms with van der Waals surface area (Å²) >= 11 is 0. The summed E-state index contributed by atoms with van der Waals surface area (Å²) in [7, 11) is 3.97. The van der Waals surface area contributed by atoms with Crippen LogP contribution in [-0.2, 0) is 0 Å². The number of rotatable bonds is 2. The van der Waals surface area contributed by atoms with Crippen LogP contribution < -0.4 is 4.90 Å². The van der Waals surface area contributed by atoms with Crippen molar-refractivity contribution in [3.05, 3.63) is 30.7 Å². The zero-order valence-corrected chi connectivity index (χ0v) is 8.12. The van der Waals surface area contributed by atoms with E-state index in [2.05, 4.69) is 15.3 Å². The lowest BCUT2D eigenvalue weighted by Crippen LogP contribution is -2.09. The van der Waals surface area contributed by atoms with Crippen LogP contribution in [0.15, 0.2) is 30.7 Å². The fraction of sp³-hybridized carbons (Fsp3) is 0.222. The van der Waals surface area contributed by atoms with E-state index in [1.807, 2.05) is 31.1 Å². The quantitative estimate of drug-likeness (QED) is 0.698. The van der Waals surface area contributed by atoms with Crippen molar-refractivity contribution in [2.75, 3.05) is 19.0 Å². The van der Waals surface area contributed by atoms with Gasteiger partial charge in [0.25, 0.3) is 0 Å². The van der Waals surface area contributed by atoms with Gasteiger partial charge >= 0.3 is 0 Å². The van der Waals surface area contributed by atoms with Crippen molar-refractivity contribution in [1.82, 2.24) is 20.0 Å². The molecule has 72 valence electrons. The maximum absolute atomic E-state index is 4.20. The van der Waals surface area contributed by atoms with Crippen molar-refractivity contribution >= 4 is 5.69 Å². The molecule has 2 heterocycles. The van der Waals surface area contributed by atoms with Gasteiger partial charge in [-0.15, -0.1) is 5.10 Å². The van der Waals surface area contributed by atoms with E-state index >= 15 is 0 Å². The van der Waals surface area contributed by atoms with Crippen LogP contribution in [0.4, 0.5) is 5.69 Å². The van der Waals surface area contributed by atoms with Crippen LogP contribution in [-0.4, -0.2) is 34.1 Å². The van der Waals surface area contributed by atoms with E-state index in [1.165, 1.54) is 0 Å². The molecule has 0 amide bonds. The van der Waals surface area contributed by atoms with Gasteiger partial charge in [-0.2, -0.15) is 0 Å². The Morgan fingerprint density at radius 2 is 2.14 bits per heavy atom. The molecule has 0 atom stereocenters. The van der Waals surface area contributed by atoms with Gasteiger partial charge in [0.1, 0.15) is 0 Å². The molecule has 5 nitrogen and oxygen atoms in total. The molecule has 5 heteroatoms. The maximum atomic E-state index is 4.20. The van der Waals surface area contributed by atoms with Crippen LogP contribution >= 0.6 is 0 Å². The second-order valence-electron chi connectivity index (χ2n) is 3.11. The van der Waals surface area contributed by atoms with Gasteiger partial charge in [0.2, 0.25) is 0 Å². The molecule has 0 unspecified atom stereocenters. The van der Waals surface area contributed by atoms with Crippen molar-refractivity contribution in [2.24, 2.45) is 0 Å². The van der Waals surface area contributed by atoms with Crippen molar-refractivity contribution in [2.45, 2.75) is 0 Å². The Morgan fingerprint density at radius 3 is 2.79 bits per heavy atom. The second-order valence-corrected chi connectivity index (χ2v) is 3.11. The van der Waals surface area contributed by atoms with Gasteiger partial charge < -0.3 is 4.90 Å². The van der Waals surface area contributed by atoms with Gasteiger partial charge in [-0.1, -0.05) is 5.21 Å². The van der Waals surface area contributed by atoms with E-state index in [-0.39, 0.29) is 0 Å². The minimum atomic E-state index is 0.772. The molecule has 2 rings (SSSR count). The molecule has 0 N–H and O–H groups in total. The number of nitrogens with zero attached hydrogens (tertiary/aromatic N) is 5. The average molecular weight is 189 g/mol. The third-order valence-electron chi connectivity index (χ3n) is 1.90. The molecule has 0 aliphatic carbocycles. The molecule has 0 aromatic carbocycles. The number of hydrogen-bond acceptors (Lipinski definition) is 4. The standard InChI is InChI=1S/C9H11N5/c1-13(2)8-3-4-10-9(7-8)14-6-5-11-12-14/h3-7H,1-2H3. The van der Waals surface area contributed by atoms with Gasteiger partial charge in [-0.05, 0) is 6.07 Å². The number of hydrogen-bond donors (Lipinski definition) is 0. The summed E-state index contributed by atoms with van der Waals surface area (Å²) in [6, 6.07) is 3.90. The first-order valence-electron chi connectivity index (χ1n) is 4.27. The van der Waals surface area contributed by atoms with Crippen molar-refractivity contribution in [1.29, 1.82) is 0 Å². The van der Waals surface area contributed by atoms with Crippen LogP contribution in [0.2, 0.25) is 0 Å². The lowest BCUT2D eigenvalue weighted by atomic mass is 10.3. The monoisotopic (exact) mass is 189 g/mol. The highest BCUT2D eigenvalue weighted by atomic mass is 15.4. The largest absolute Gasteiger partial charge is 0.378 e. The summed E-state index contributed by atoms with van der Waals surface area (Å²) in [6.45, 7) is 0. The predicted molar refractivity (Wildman–Crippen MR) is 53.5 cm³/mol. The molecule has 0 radical (unpaired) electrons. The fourth-order valence-electron chi connectivity index (χ4n) is 1.14. The highest BCUT2D eigenvalue weighted by Crippen LogP contribution is 2.12. The van der Waals surface area contributed by atoms with Gasteiger partial charge in [0.15, 0.2) is 5.82 Å². The third-order valence-corrected chi connectivity index (χ3v) is 1.90. The van der Waals surface area contributed by atoms with Crippen LogP contribution in [0.5, 0.6) is 0 Å². The average Bonchev–Trinajstić information content (AvgIpc) is 2.71. The van der Waals surface area contributed by atoms with Gasteiger partial charge in [0, 0.05) is 32.0 Å². The summed E-state index contributed by atoms with van der Waals surface area (Å²) in [5.74, 6) is 0.772. The molecule has 0 bridgehead atoms. The zero-order chi connectivity index (χ0) is 9.97. The number of anilines is 1. The summed E-state index contributed by atoms with van der Waals surface area (Å²) < 4.78 is 1.63. The lowest BCUT2D eigenvalue weighted by Gasteiger charge is -2.12. The lowest BCUT2D eigenvalue weighted by molar-refractivity contribution is 0.781. The van der Waals surface area contributed by atoms with Gasteiger partial charge in [-0.3, -0.25) is 0 Å². The number of pyridine rings is 1. The van der Waals surface area contributed by atoms with Crippen LogP contribution in [0.1, 0.15) is 0 Å². The molecule has 2 aromatic rings. The fourth-order valence-corrected chi connectivity index (χ4v) is 1.14. The minimum absolute atomic E-state index is 0.772. The number of aromatic nitrogens is 4. The Kier molecular flexibility index (Phi) is 2.14. The smallest absolute Gasteiger partial charge is 0.157 e.